The van der Waals surface area contributed by atoms with E-state index in [1.54, 1.807) is 24.3 Å². The Balaban J connectivity index is 1.84. The Kier molecular flexibility index (Phi) is 3.57. The maximum atomic E-state index is 12.4. The van der Waals surface area contributed by atoms with Crippen molar-refractivity contribution in [1.29, 1.82) is 0 Å². The van der Waals surface area contributed by atoms with E-state index >= 15 is 0 Å². The van der Waals surface area contributed by atoms with Gasteiger partial charge in [0.15, 0.2) is 6.10 Å². The molecule has 1 aromatic carbocycles. The SMILES string of the molecule is O=C(O)[C@H]1CN(C(=O)c2cc3cc(Cl)ccc3[nH]2)CCO1. The van der Waals surface area contributed by atoms with Crippen molar-refractivity contribution >= 4 is 34.4 Å². The van der Waals surface area contributed by atoms with Crippen LogP contribution in [-0.2, 0) is 9.53 Å². The first kappa shape index (κ1) is 13.9. The molecule has 1 fully saturated rings. The van der Waals surface area contributed by atoms with Crippen LogP contribution in [0.2, 0.25) is 5.02 Å². The fraction of sp³-hybridized carbons (Fsp3) is 0.286. The van der Waals surface area contributed by atoms with Crippen molar-refractivity contribution in [3.63, 3.8) is 0 Å². The monoisotopic (exact) mass is 308 g/mol. The van der Waals surface area contributed by atoms with Crippen LogP contribution in [0.3, 0.4) is 0 Å². The van der Waals surface area contributed by atoms with Crippen molar-refractivity contribution in [3.05, 3.63) is 35.0 Å². The average Bonchev–Trinajstić information content (AvgIpc) is 2.89. The Hall–Kier alpha value is -2.05. The van der Waals surface area contributed by atoms with Crippen LogP contribution in [0.4, 0.5) is 0 Å². The Morgan fingerprint density at radius 3 is 2.95 bits per heavy atom. The predicted molar refractivity (Wildman–Crippen MR) is 76.6 cm³/mol. The summed E-state index contributed by atoms with van der Waals surface area (Å²) in [5, 5.41) is 10.4. The molecule has 2 N–H and O–H groups in total. The minimum Gasteiger partial charge on any atom is -0.479 e. The number of morpholine rings is 1. The Morgan fingerprint density at radius 2 is 2.19 bits per heavy atom. The van der Waals surface area contributed by atoms with Gasteiger partial charge in [0, 0.05) is 22.5 Å². The largest absolute Gasteiger partial charge is 0.479 e. The highest BCUT2D eigenvalue weighted by molar-refractivity contribution is 6.31. The number of halogens is 1. The van der Waals surface area contributed by atoms with Crippen LogP contribution in [0.15, 0.2) is 24.3 Å². The number of fused-ring (bicyclic) bond motifs is 1. The van der Waals surface area contributed by atoms with Gasteiger partial charge in [-0.05, 0) is 24.3 Å². The van der Waals surface area contributed by atoms with Gasteiger partial charge in [0.2, 0.25) is 0 Å². The summed E-state index contributed by atoms with van der Waals surface area (Å²) in [7, 11) is 0. The van der Waals surface area contributed by atoms with Crippen LogP contribution in [-0.4, -0.2) is 52.7 Å². The topological polar surface area (TPSA) is 82.6 Å². The molecule has 1 atom stereocenters. The molecule has 0 aliphatic carbocycles. The van der Waals surface area contributed by atoms with E-state index < -0.39 is 12.1 Å². The number of nitrogens with one attached hydrogen (secondary N) is 1. The van der Waals surface area contributed by atoms with E-state index in [2.05, 4.69) is 4.98 Å². The van der Waals surface area contributed by atoms with Crippen LogP contribution in [0.25, 0.3) is 10.9 Å². The fourth-order valence-corrected chi connectivity index (χ4v) is 2.55. The number of benzene rings is 1. The minimum atomic E-state index is -1.06. The molecule has 110 valence electrons. The molecular weight excluding hydrogens is 296 g/mol. The highest BCUT2D eigenvalue weighted by atomic mass is 35.5. The second-order valence-electron chi connectivity index (χ2n) is 4.86. The molecule has 1 amide bonds. The van der Waals surface area contributed by atoms with Crippen molar-refractivity contribution in [2.75, 3.05) is 19.7 Å². The zero-order valence-corrected chi connectivity index (χ0v) is 11.8. The highest BCUT2D eigenvalue weighted by Crippen LogP contribution is 2.21. The number of aliphatic carboxylic acids is 1. The van der Waals surface area contributed by atoms with Crippen LogP contribution in [0.1, 0.15) is 10.5 Å². The molecule has 1 aromatic heterocycles. The van der Waals surface area contributed by atoms with Crippen molar-refractivity contribution in [2.45, 2.75) is 6.10 Å². The van der Waals surface area contributed by atoms with Crippen LogP contribution >= 0.6 is 11.6 Å². The smallest absolute Gasteiger partial charge is 0.334 e. The van der Waals surface area contributed by atoms with Gasteiger partial charge in [-0.2, -0.15) is 0 Å². The lowest BCUT2D eigenvalue weighted by atomic mass is 10.2. The number of carbonyl (C=O) groups excluding carboxylic acids is 1. The van der Waals surface area contributed by atoms with Gasteiger partial charge in [-0.3, -0.25) is 4.79 Å². The summed E-state index contributed by atoms with van der Waals surface area (Å²) in [6.07, 6.45) is -0.971. The number of amides is 1. The minimum absolute atomic E-state index is 0.0459. The molecule has 7 heteroatoms. The van der Waals surface area contributed by atoms with Gasteiger partial charge in [0.1, 0.15) is 5.69 Å². The van der Waals surface area contributed by atoms with E-state index in [1.165, 1.54) is 4.90 Å². The molecule has 21 heavy (non-hydrogen) atoms. The molecule has 0 bridgehead atoms. The molecule has 2 heterocycles. The van der Waals surface area contributed by atoms with Gasteiger partial charge in [0.25, 0.3) is 5.91 Å². The van der Waals surface area contributed by atoms with Crippen molar-refractivity contribution in [3.8, 4) is 0 Å². The number of rotatable bonds is 2. The number of ether oxygens (including phenoxy) is 1. The van der Waals surface area contributed by atoms with Crippen LogP contribution in [0.5, 0.6) is 0 Å². The number of H-pyrrole nitrogens is 1. The summed E-state index contributed by atoms with van der Waals surface area (Å²) in [5.74, 6) is -1.30. The fourth-order valence-electron chi connectivity index (χ4n) is 2.37. The lowest BCUT2D eigenvalue weighted by Gasteiger charge is -2.30. The van der Waals surface area contributed by atoms with Gasteiger partial charge in [-0.25, -0.2) is 4.79 Å². The summed E-state index contributed by atoms with van der Waals surface area (Å²) in [4.78, 5) is 27.9. The van der Waals surface area contributed by atoms with Crippen molar-refractivity contribution in [2.24, 2.45) is 0 Å². The molecular formula is C14H13ClN2O4. The van der Waals surface area contributed by atoms with E-state index in [4.69, 9.17) is 21.4 Å². The predicted octanol–water partition coefficient (Wildman–Crippen LogP) is 1.75. The van der Waals surface area contributed by atoms with Crippen molar-refractivity contribution < 1.29 is 19.4 Å². The summed E-state index contributed by atoms with van der Waals surface area (Å²) in [5.41, 5.74) is 1.23. The van der Waals surface area contributed by atoms with Gasteiger partial charge >= 0.3 is 5.97 Å². The van der Waals surface area contributed by atoms with Crippen molar-refractivity contribution in [1.82, 2.24) is 9.88 Å². The van der Waals surface area contributed by atoms with E-state index in [0.29, 0.717) is 17.3 Å². The number of carboxylic acid groups (broad SMARTS) is 1. The van der Waals surface area contributed by atoms with Gasteiger partial charge in [0.05, 0.1) is 13.2 Å². The standard InChI is InChI=1S/C14H13ClN2O4/c15-9-1-2-10-8(5-9)6-11(16-10)13(18)17-3-4-21-12(7-17)14(19)20/h1-2,5-6,12,16H,3-4,7H2,(H,19,20)/t12-/m1/s1. The number of aromatic nitrogens is 1. The molecule has 1 aliphatic heterocycles. The molecule has 0 spiro atoms. The maximum absolute atomic E-state index is 12.4. The molecule has 0 unspecified atom stereocenters. The molecule has 1 aliphatic rings. The Morgan fingerprint density at radius 1 is 1.38 bits per heavy atom. The number of aromatic amines is 1. The third kappa shape index (κ3) is 2.72. The summed E-state index contributed by atoms with van der Waals surface area (Å²) in [6, 6.07) is 7.02. The summed E-state index contributed by atoms with van der Waals surface area (Å²) >= 11 is 5.92. The molecule has 0 radical (unpaired) electrons. The van der Waals surface area contributed by atoms with E-state index in [0.717, 1.165) is 10.9 Å². The Labute approximate surface area is 125 Å². The molecule has 2 aromatic rings. The van der Waals surface area contributed by atoms with Crippen LogP contribution < -0.4 is 0 Å². The molecule has 3 rings (SSSR count). The number of nitrogens with zero attached hydrogens (tertiary/aromatic N) is 1. The van der Waals surface area contributed by atoms with Gasteiger partial charge in [-0.15, -0.1) is 0 Å². The molecule has 1 saturated heterocycles. The molecule has 6 nitrogen and oxygen atoms in total. The normalized spacial score (nSPS) is 18.9. The average molecular weight is 309 g/mol. The third-order valence-electron chi connectivity index (χ3n) is 3.44. The zero-order valence-electron chi connectivity index (χ0n) is 11.0. The third-order valence-corrected chi connectivity index (χ3v) is 3.68. The van der Waals surface area contributed by atoms with Gasteiger partial charge < -0.3 is 19.7 Å². The lowest BCUT2D eigenvalue weighted by Crippen LogP contribution is -2.48. The number of hydrogen-bond acceptors (Lipinski definition) is 3. The molecule has 0 saturated carbocycles. The highest BCUT2D eigenvalue weighted by Gasteiger charge is 2.30. The van der Waals surface area contributed by atoms with Crippen LogP contribution in [0, 0.1) is 0 Å². The lowest BCUT2D eigenvalue weighted by molar-refractivity contribution is -0.154. The first-order valence-corrected chi connectivity index (χ1v) is 6.84. The second-order valence-corrected chi connectivity index (χ2v) is 5.30. The van der Waals surface area contributed by atoms with E-state index in [-0.39, 0.29) is 19.1 Å². The number of carbonyl (C=O) groups is 2. The van der Waals surface area contributed by atoms with E-state index in [1.807, 2.05) is 0 Å². The quantitative estimate of drug-likeness (QED) is 0.885. The summed E-state index contributed by atoms with van der Waals surface area (Å²) < 4.78 is 5.11. The maximum Gasteiger partial charge on any atom is 0.334 e. The number of carboxylic acids is 1. The number of hydrogen-bond donors (Lipinski definition) is 2. The van der Waals surface area contributed by atoms with Gasteiger partial charge in [-0.1, -0.05) is 11.6 Å². The summed E-state index contributed by atoms with van der Waals surface area (Å²) in [6.45, 7) is 0.637. The Bertz CT molecular complexity index is 712. The van der Waals surface area contributed by atoms with E-state index in [9.17, 15) is 9.59 Å². The first-order valence-electron chi connectivity index (χ1n) is 6.46. The first-order chi connectivity index (χ1) is 10.0. The second kappa shape index (κ2) is 5.38. The zero-order chi connectivity index (χ0) is 15.0.